The number of benzene rings is 1. The van der Waals surface area contributed by atoms with Gasteiger partial charge in [-0.1, -0.05) is 13.8 Å². The molecule has 0 bridgehead atoms. The zero-order valence-corrected chi connectivity index (χ0v) is 14.8. The van der Waals surface area contributed by atoms with Gasteiger partial charge in [-0.25, -0.2) is 0 Å². The molecule has 1 atom stereocenters. The third-order valence-corrected chi connectivity index (χ3v) is 3.36. The van der Waals surface area contributed by atoms with Crippen LogP contribution in [0.15, 0.2) is 18.2 Å². The summed E-state index contributed by atoms with van der Waals surface area (Å²) in [7, 11) is 0. The second-order valence-electron chi connectivity index (χ2n) is 6.13. The number of carbonyl (C=O) groups is 2. The summed E-state index contributed by atoms with van der Waals surface area (Å²) >= 11 is 0. The van der Waals surface area contributed by atoms with Crippen molar-refractivity contribution in [2.45, 2.75) is 46.6 Å². The number of rotatable bonds is 7. The molecule has 0 aliphatic carbocycles. The van der Waals surface area contributed by atoms with Gasteiger partial charge in [-0.2, -0.15) is 5.26 Å². The SMILES string of the molecule is CCOC(C)(CC(C)C)C(=O)Nc1ccc(OC(C)=O)cc1C#N. The fourth-order valence-electron chi connectivity index (χ4n) is 2.52. The Morgan fingerprint density at radius 1 is 1.38 bits per heavy atom. The number of hydrogen-bond donors (Lipinski definition) is 1. The van der Waals surface area contributed by atoms with Crippen molar-refractivity contribution in [2.75, 3.05) is 11.9 Å². The summed E-state index contributed by atoms with van der Waals surface area (Å²) in [6, 6.07) is 6.47. The van der Waals surface area contributed by atoms with Crippen LogP contribution in [0, 0.1) is 17.2 Å². The summed E-state index contributed by atoms with van der Waals surface area (Å²) in [5.41, 5.74) is -0.414. The number of ether oxygens (including phenoxy) is 2. The molecular weight excluding hydrogens is 308 g/mol. The van der Waals surface area contributed by atoms with Gasteiger partial charge in [-0.15, -0.1) is 0 Å². The van der Waals surface area contributed by atoms with Crippen LogP contribution in [-0.4, -0.2) is 24.1 Å². The minimum absolute atomic E-state index is 0.213. The molecule has 1 amide bonds. The fraction of sp³-hybridized carbons (Fsp3) is 0.500. The molecule has 0 aromatic heterocycles. The quantitative estimate of drug-likeness (QED) is 0.611. The first-order valence-corrected chi connectivity index (χ1v) is 7.89. The molecule has 130 valence electrons. The maximum Gasteiger partial charge on any atom is 0.308 e. The van der Waals surface area contributed by atoms with Crippen LogP contribution in [0.25, 0.3) is 0 Å². The lowest BCUT2D eigenvalue weighted by Gasteiger charge is -2.30. The molecule has 1 unspecified atom stereocenters. The van der Waals surface area contributed by atoms with Crippen molar-refractivity contribution in [3.05, 3.63) is 23.8 Å². The first kappa shape index (κ1) is 19.7. The van der Waals surface area contributed by atoms with Gasteiger partial charge >= 0.3 is 5.97 Å². The monoisotopic (exact) mass is 332 g/mol. The van der Waals surface area contributed by atoms with Gasteiger partial charge in [-0.3, -0.25) is 9.59 Å². The second kappa shape index (κ2) is 8.46. The predicted molar refractivity (Wildman–Crippen MR) is 90.6 cm³/mol. The number of nitriles is 1. The molecule has 1 rings (SSSR count). The predicted octanol–water partition coefficient (Wildman–Crippen LogP) is 3.26. The van der Waals surface area contributed by atoms with Crippen molar-refractivity contribution in [1.29, 1.82) is 5.26 Å². The molecule has 0 aliphatic heterocycles. The summed E-state index contributed by atoms with van der Waals surface area (Å²) < 4.78 is 10.6. The minimum atomic E-state index is -0.982. The number of nitrogens with zero attached hydrogens (tertiary/aromatic N) is 1. The molecule has 0 aliphatic rings. The Kier molecular flexibility index (Phi) is 6.93. The summed E-state index contributed by atoms with van der Waals surface area (Å²) in [6.07, 6.45) is 0.556. The molecule has 24 heavy (non-hydrogen) atoms. The van der Waals surface area contributed by atoms with Crippen LogP contribution in [-0.2, 0) is 14.3 Å². The molecular formula is C18H24N2O4. The minimum Gasteiger partial charge on any atom is -0.427 e. The number of carbonyl (C=O) groups excluding carboxylic acids is 2. The molecule has 0 fully saturated rings. The van der Waals surface area contributed by atoms with Crippen LogP contribution >= 0.6 is 0 Å². The van der Waals surface area contributed by atoms with E-state index >= 15 is 0 Å². The van der Waals surface area contributed by atoms with Crippen molar-refractivity contribution in [1.82, 2.24) is 0 Å². The lowest BCUT2D eigenvalue weighted by atomic mass is 9.93. The zero-order valence-electron chi connectivity index (χ0n) is 14.8. The Morgan fingerprint density at radius 2 is 2.04 bits per heavy atom. The first-order chi connectivity index (χ1) is 11.2. The van der Waals surface area contributed by atoms with Crippen molar-refractivity contribution in [3.8, 4) is 11.8 Å². The Bertz CT molecular complexity index is 649. The van der Waals surface area contributed by atoms with Gasteiger partial charge < -0.3 is 14.8 Å². The second-order valence-corrected chi connectivity index (χ2v) is 6.13. The largest absolute Gasteiger partial charge is 0.427 e. The number of anilines is 1. The van der Waals surface area contributed by atoms with Crippen LogP contribution in [0.1, 0.15) is 46.6 Å². The van der Waals surface area contributed by atoms with E-state index in [1.54, 1.807) is 6.92 Å². The summed E-state index contributed by atoms with van der Waals surface area (Å²) in [6.45, 7) is 9.29. The summed E-state index contributed by atoms with van der Waals surface area (Å²) in [5, 5.41) is 12.0. The molecule has 6 nitrogen and oxygen atoms in total. The maximum absolute atomic E-state index is 12.7. The van der Waals surface area contributed by atoms with E-state index < -0.39 is 11.6 Å². The molecule has 6 heteroatoms. The number of nitrogens with one attached hydrogen (secondary N) is 1. The molecule has 0 spiro atoms. The third kappa shape index (κ3) is 5.36. The van der Waals surface area contributed by atoms with Gasteiger partial charge in [0.25, 0.3) is 5.91 Å². The average Bonchev–Trinajstić information content (AvgIpc) is 2.47. The van der Waals surface area contributed by atoms with Crippen molar-refractivity contribution < 1.29 is 19.1 Å². The van der Waals surface area contributed by atoms with E-state index in [0.29, 0.717) is 18.7 Å². The van der Waals surface area contributed by atoms with Gasteiger partial charge in [0.2, 0.25) is 0 Å². The van der Waals surface area contributed by atoms with Crippen LogP contribution < -0.4 is 10.1 Å². The van der Waals surface area contributed by atoms with E-state index in [4.69, 9.17) is 9.47 Å². The van der Waals surface area contributed by atoms with E-state index in [0.717, 1.165) is 0 Å². The molecule has 1 N–H and O–H groups in total. The standard InChI is InChI=1S/C18H24N2O4/c1-6-23-18(5,10-12(2)3)17(22)20-16-8-7-15(24-13(4)21)9-14(16)11-19/h7-9,12H,6,10H2,1-5H3,(H,20,22). The number of hydrogen-bond acceptors (Lipinski definition) is 5. The molecule has 0 radical (unpaired) electrons. The van der Waals surface area contributed by atoms with E-state index in [2.05, 4.69) is 5.32 Å². The summed E-state index contributed by atoms with van der Waals surface area (Å²) in [5.74, 6) is -0.257. The van der Waals surface area contributed by atoms with Crippen LogP contribution in [0.4, 0.5) is 5.69 Å². The molecule has 1 aromatic carbocycles. The Labute approximate surface area is 142 Å². The maximum atomic E-state index is 12.7. The van der Waals surface area contributed by atoms with Gasteiger partial charge in [0.05, 0.1) is 11.3 Å². The Hall–Kier alpha value is -2.39. The highest BCUT2D eigenvalue weighted by atomic mass is 16.5. The number of amides is 1. The molecule has 1 aromatic rings. The van der Waals surface area contributed by atoms with Gasteiger partial charge in [0.1, 0.15) is 17.4 Å². The topological polar surface area (TPSA) is 88.4 Å². The highest BCUT2D eigenvalue weighted by Crippen LogP contribution is 2.26. The van der Waals surface area contributed by atoms with Gasteiger partial charge in [0.15, 0.2) is 0 Å². The highest BCUT2D eigenvalue weighted by Gasteiger charge is 2.35. The normalized spacial score (nSPS) is 13.0. The van der Waals surface area contributed by atoms with E-state index in [-0.39, 0.29) is 23.1 Å². The zero-order chi connectivity index (χ0) is 18.3. The molecule has 0 heterocycles. The number of esters is 1. The summed E-state index contributed by atoms with van der Waals surface area (Å²) in [4.78, 5) is 23.6. The fourth-order valence-corrected chi connectivity index (χ4v) is 2.52. The van der Waals surface area contributed by atoms with Gasteiger partial charge in [0, 0.05) is 19.6 Å². The highest BCUT2D eigenvalue weighted by molar-refractivity contribution is 5.98. The average molecular weight is 332 g/mol. The Balaban J connectivity index is 3.03. The van der Waals surface area contributed by atoms with Crippen LogP contribution in [0.3, 0.4) is 0 Å². The third-order valence-electron chi connectivity index (χ3n) is 3.36. The van der Waals surface area contributed by atoms with Crippen LogP contribution in [0.5, 0.6) is 5.75 Å². The lowest BCUT2D eigenvalue weighted by Crippen LogP contribution is -2.44. The lowest BCUT2D eigenvalue weighted by molar-refractivity contribution is -0.140. The first-order valence-electron chi connectivity index (χ1n) is 7.89. The molecule has 0 saturated carbocycles. The van der Waals surface area contributed by atoms with E-state index in [9.17, 15) is 14.9 Å². The Morgan fingerprint density at radius 3 is 2.54 bits per heavy atom. The van der Waals surface area contributed by atoms with Gasteiger partial charge in [-0.05, 0) is 38.3 Å². The van der Waals surface area contributed by atoms with E-state index in [1.807, 2.05) is 26.8 Å². The van der Waals surface area contributed by atoms with Crippen molar-refractivity contribution in [2.24, 2.45) is 5.92 Å². The van der Waals surface area contributed by atoms with E-state index in [1.165, 1.54) is 25.1 Å². The smallest absolute Gasteiger partial charge is 0.308 e. The molecule has 0 saturated heterocycles. The van der Waals surface area contributed by atoms with Crippen molar-refractivity contribution >= 4 is 17.6 Å². The van der Waals surface area contributed by atoms with Crippen molar-refractivity contribution in [3.63, 3.8) is 0 Å². The van der Waals surface area contributed by atoms with Crippen LogP contribution in [0.2, 0.25) is 0 Å².